The highest BCUT2D eigenvalue weighted by Crippen LogP contribution is 2.18. The number of thioether (sulfide) groups is 1. The van der Waals surface area contributed by atoms with Crippen LogP contribution in [0, 0.1) is 0 Å². The van der Waals surface area contributed by atoms with Crippen LogP contribution in [0.3, 0.4) is 0 Å². The molecule has 2 amide bonds. The summed E-state index contributed by atoms with van der Waals surface area (Å²) >= 11 is 1.20. The highest BCUT2D eigenvalue weighted by molar-refractivity contribution is 7.99. The van der Waals surface area contributed by atoms with Crippen molar-refractivity contribution in [2.24, 2.45) is 0 Å². The molecule has 0 aliphatic rings. The third kappa shape index (κ3) is 5.85. The van der Waals surface area contributed by atoms with Crippen LogP contribution in [0.15, 0.2) is 64.9 Å². The monoisotopic (exact) mass is 455 g/mol. The van der Waals surface area contributed by atoms with Gasteiger partial charge >= 0.3 is 5.97 Å². The molecule has 1 aromatic carbocycles. The van der Waals surface area contributed by atoms with Crippen molar-refractivity contribution in [3.8, 4) is 0 Å². The summed E-state index contributed by atoms with van der Waals surface area (Å²) in [4.78, 5) is 35.8. The number of esters is 1. The molecule has 0 aliphatic carbocycles. The van der Waals surface area contributed by atoms with Gasteiger partial charge in [0.05, 0.1) is 31.2 Å². The zero-order chi connectivity index (χ0) is 22.9. The van der Waals surface area contributed by atoms with Crippen LogP contribution in [0.5, 0.6) is 0 Å². The maximum absolute atomic E-state index is 12.3. The number of hydrogen-bond donors (Lipinski definition) is 2. The molecule has 10 nitrogen and oxygen atoms in total. The van der Waals surface area contributed by atoms with Gasteiger partial charge in [-0.15, -0.1) is 16.8 Å². The molecule has 0 saturated carbocycles. The molecule has 0 radical (unpaired) electrons. The van der Waals surface area contributed by atoms with Gasteiger partial charge in [-0.3, -0.25) is 9.59 Å². The van der Waals surface area contributed by atoms with E-state index >= 15 is 0 Å². The van der Waals surface area contributed by atoms with Crippen LogP contribution in [0.4, 0.5) is 5.69 Å². The van der Waals surface area contributed by atoms with Gasteiger partial charge in [0.15, 0.2) is 16.7 Å². The van der Waals surface area contributed by atoms with Gasteiger partial charge in [0.2, 0.25) is 5.91 Å². The quantitative estimate of drug-likeness (QED) is 0.271. The number of hydrogen-bond acceptors (Lipinski definition) is 8. The van der Waals surface area contributed by atoms with E-state index in [0.717, 1.165) is 0 Å². The van der Waals surface area contributed by atoms with E-state index in [-0.39, 0.29) is 29.9 Å². The van der Waals surface area contributed by atoms with Crippen molar-refractivity contribution in [2.75, 3.05) is 18.2 Å². The van der Waals surface area contributed by atoms with Crippen LogP contribution in [-0.2, 0) is 22.6 Å². The molecule has 3 rings (SSSR count). The highest BCUT2D eigenvalue weighted by Gasteiger charge is 2.16. The van der Waals surface area contributed by atoms with Crippen molar-refractivity contribution in [3.05, 3.63) is 72.5 Å². The van der Waals surface area contributed by atoms with Gasteiger partial charge in [-0.2, -0.15) is 0 Å². The van der Waals surface area contributed by atoms with Crippen LogP contribution < -0.4 is 10.6 Å². The number of carbonyl (C=O) groups is 3. The summed E-state index contributed by atoms with van der Waals surface area (Å²) in [6, 6.07) is 9.57. The Balaban J connectivity index is 1.57. The highest BCUT2D eigenvalue weighted by atomic mass is 32.2. The lowest BCUT2D eigenvalue weighted by Gasteiger charge is -2.09. The minimum atomic E-state index is -0.448. The van der Waals surface area contributed by atoms with E-state index in [9.17, 15) is 14.4 Å². The smallest absolute Gasteiger partial charge is 0.337 e. The fourth-order valence-electron chi connectivity index (χ4n) is 2.66. The number of nitrogens with zero attached hydrogens (tertiary/aromatic N) is 3. The Morgan fingerprint density at radius 3 is 2.66 bits per heavy atom. The number of methoxy groups -OCH3 is 1. The number of nitrogens with one attached hydrogen (secondary N) is 2. The molecule has 11 heteroatoms. The van der Waals surface area contributed by atoms with E-state index in [4.69, 9.17) is 4.42 Å². The van der Waals surface area contributed by atoms with Crippen LogP contribution >= 0.6 is 11.8 Å². The topological polar surface area (TPSA) is 128 Å². The van der Waals surface area contributed by atoms with Crippen LogP contribution in [0.1, 0.15) is 26.7 Å². The lowest BCUT2D eigenvalue weighted by molar-refractivity contribution is -0.113. The minimum Gasteiger partial charge on any atom is -0.465 e. The minimum absolute atomic E-state index is 0.0901. The second kappa shape index (κ2) is 11.0. The summed E-state index contributed by atoms with van der Waals surface area (Å²) in [5.74, 6) is -0.253. The van der Waals surface area contributed by atoms with Crippen LogP contribution in [0.2, 0.25) is 0 Å². The fraction of sp³-hybridized carbons (Fsp3) is 0.190. The Bertz CT molecular complexity index is 1090. The van der Waals surface area contributed by atoms with E-state index in [1.165, 1.54) is 25.1 Å². The van der Waals surface area contributed by atoms with Gasteiger partial charge in [0.25, 0.3) is 5.91 Å². The average Bonchev–Trinajstić information content (AvgIpc) is 3.47. The summed E-state index contributed by atoms with van der Waals surface area (Å²) in [5, 5.41) is 14.2. The Morgan fingerprint density at radius 1 is 1.22 bits per heavy atom. The normalized spacial score (nSPS) is 10.4. The van der Waals surface area contributed by atoms with Gasteiger partial charge in [-0.25, -0.2) is 4.79 Å². The number of anilines is 1. The third-order valence-electron chi connectivity index (χ3n) is 4.18. The van der Waals surface area contributed by atoms with Crippen molar-refractivity contribution in [1.82, 2.24) is 20.1 Å². The average molecular weight is 455 g/mol. The number of carbonyl (C=O) groups excluding carboxylic acids is 3. The van der Waals surface area contributed by atoms with Crippen molar-refractivity contribution in [3.63, 3.8) is 0 Å². The van der Waals surface area contributed by atoms with Gasteiger partial charge in [-0.05, 0) is 36.4 Å². The van der Waals surface area contributed by atoms with Crippen LogP contribution in [-0.4, -0.2) is 45.4 Å². The molecular weight excluding hydrogens is 434 g/mol. The zero-order valence-corrected chi connectivity index (χ0v) is 18.1. The Labute approximate surface area is 188 Å². The predicted octanol–water partition coefficient (Wildman–Crippen LogP) is 2.50. The second-order valence-corrected chi connectivity index (χ2v) is 7.31. The molecule has 2 aromatic heterocycles. The molecule has 166 valence electrons. The van der Waals surface area contributed by atoms with E-state index < -0.39 is 5.97 Å². The molecule has 0 unspecified atom stereocenters. The lowest BCUT2D eigenvalue weighted by atomic mass is 10.2. The fourth-order valence-corrected chi connectivity index (χ4v) is 3.42. The molecule has 0 atom stereocenters. The standard InChI is InChI=1S/C21H21N5O5S/c1-3-10-26-17(12-22-19(28)16-5-4-11-31-16)24-25-21(26)32-13-18(27)23-15-8-6-14(7-9-15)20(29)30-2/h3-9,11H,1,10,12-13H2,2H3,(H,22,28)(H,23,27). The molecule has 0 saturated heterocycles. The van der Waals surface area contributed by atoms with Crippen molar-refractivity contribution in [2.45, 2.75) is 18.2 Å². The first-order valence-electron chi connectivity index (χ1n) is 9.47. The molecule has 0 fully saturated rings. The molecule has 3 aromatic rings. The Hall–Kier alpha value is -3.86. The number of amides is 2. The van der Waals surface area contributed by atoms with Crippen molar-refractivity contribution < 1.29 is 23.5 Å². The molecule has 0 aliphatic heterocycles. The van der Waals surface area contributed by atoms with Gasteiger partial charge in [0.1, 0.15) is 0 Å². The summed E-state index contributed by atoms with van der Waals surface area (Å²) in [6.07, 6.45) is 3.09. The molecule has 2 N–H and O–H groups in total. The lowest BCUT2D eigenvalue weighted by Crippen LogP contribution is -2.24. The molecule has 0 spiro atoms. The van der Waals surface area contributed by atoms with E-state index in [0.29, 0.717) is 28.8 Å². The summed E-state index contributed by atoms with van der Waals surface area (Å²) in [5.41, 5.74) is 0.946. The molecule has 32 heavy (non-hydrogen) atoms. The van der Waals surface area contributed by atoms with Crippen molar-refractivity contribution in [1.29, 1.82) is 0 Å². The molecule has 2 heterocycles. The van der Waals surface area contributed by atoms with Crippen LogP contribution in [0.25, 0.3) is 0 Å². The zero-order valence-electron chi connectivity index (χ0n) is 17.2. The first kappa shape index (κ1) is 22.8. The van der Waals surface area contributed by atoms with E-state index in [2.05, 4.69) is 32.1 Å². The number of benzene rings is 1. The Morgan fingerprint density at radius 2 is 2.00 bits per heavy atom. The van der Waals surface area contributed by atoms with E-state index in [1.807, 2.05) is 0 Å². The first-order chi connectivity index (χ1) is 15.5. The number of furan rings is 1. The largest absolute Gasteiger partial charge is 0.465 e. The number of rotatable bonds is 10. The maximum atomic E-state index is 12.3. The molecular formula is C21H21N5O5S. The number of allylic oxidation sites excluding steroid dienone is 1. The summed E-state index contributed by atoms with van der Waals surface area (Å²) < 4.78 is 11.5. The number of aromatic nitrogens is 3. The molecule has 0 bridgehead atoms. The Kier molecular flexibility index (Phi) is 7.81. The maximum Gasteiger partial charge on any atom is 0.337 e. The van der Waals surface area contributed by atoms with Gasteiger partial charge in [0, 0.05) is 12.2 Å². The SMILES string of the molecule is C=CCn1c(CNC(=O)c2ccco2)nnc1SCC(=O)Nc1ccc(C(=O)OC)cc1. The van der Waals surface area contributed by atoms with Gasteiger partial charge < -0.3 is 24.4 Å². The van der Waals surface area contributed by atoms with Gasteiger partial charge in [-0.1, -0.05) is 17.8 Å². The third-order valence-corrected chi connectivity index (χ3v) is 5.15. The number of ether oxygens (including phenoxy) is 1. The van der Waals surface area contributed by atoms with E-state index in [1.54, 1.807) is 47.0 Å². The summed E-state index contributed by atoms with van der Waals surface area (Å²) in [6.45, 7) is 4.28. The predicted molar refractivity (Wildman–Crippen MR) is 117 cm³/mol. The van der Waals surface area contributed by atoms with Crippen molar-refractivity contribution >= 4 is 35.2 Å². The first-order valence-corrected chi connectivity index (χ1v) is 10.5. The summed E-state index contributed by atoms with van der Waals surface area (Å²) in [7, 11) is 1.30. The second-order valence-electron chi connectivity index (χ2n) is 6.36.